The molecule has 214 valence electrons. The van der Waals surface area contributed by atoms with Crippen molar-refractivity contribution in [2.75, 3.05) is 17.4 Å². The molecule has 1 atom stereocenters. The summed E-state index contributed by atoms with van der Waals surface area (Å²) in [6, 6.07) is 16.7. The summed E-state index contributed by atoms with van der Waals surface area (Å²) in [5.41, 5.74) is 3.42. The second-order valence-electron chi connectivity index (χ2n) is 10.1. The number of aryl methyl sites for hydroxylation is 3. The molecule has 0 heterocycles. The van der Waals surface area contributed by atoms with Crippen molar-refractivity contribution in [3.63, 3.8) is 0 Å². The van der Waals surface area contributed by atoms with Gasteiger partial charge in [0.2, 0.25) is 11.8 Å². The van der Waals surface area contributed by atoms with Crippen molar-refractivity contribution < 1.29 is 22.4 Å². The van der Waals surface area contributed by atoms with Crippen molar-refractivity contribution in [2.45, 2.75) is 64.9 Å². The average Bonchev–Trinajstić information content (AvgIpc) is 2.92. The van der Waals surface area contributed by atoms with Crippen LogP contribution in [0.3, 0.4) is 0 Å². The zero-order valence-corrected chi connectivity index (χ0v) is 24.6. The van der Waals surface area contributed by atoms with Crippen LogP contribution in [0.15, 0.2) is 71.6 Å². The Morgan fingerprint density at radius 1 is 0.925 bits per heavy atom. The molecule has 1 N–H and O–H groups in total. The Kier molecular flexibility index (Phi) is 10.5. The molecular weight excluding hydrogens is 529 g/mol. The van der Waals surface area contributed by atoms with Crippen LogP contribution in [0, 0.1) is 26.6 Å². The Morgan fingerprint density at radius 3 is 2.17 bits per heavy atom. The molecular formula is C31H38FN3O4S. The quantitative estimate of drug-likeness (QED) is 0.302. The lowest BCUT2D eigenvalue weighted by atomic mass is 10.1. The van der Waals surface area contributed by atoms with Crippen LogP contribution in [-0.2, 0) is 26.2 Å². The first-order chi connectivity index (χ1) is 18.9. The molecule has 0 unspecified atom stereocenters. The molecule has 0 saturated carbocycles. The summed E-state index contributed by atoms with van der Waals surface area (Å²) in [6.07, 6.45) is 1.69. The summed E-state index contributed by atoms with van der Waals surface area (Å²) in [5, 5.41) is 2.85. The SMILES string of the molecule is CCCCNC(=O)[C@H](C)N(Cc1ccc(F)cc1)C(=O)CN(c1cc(C)ccc1C)S(=O)(=O)c1ccc(C)cc1. The number of rotatable bonds is 12. The monoisotopic (exact) mass is 567 g/mol. The third-order valence-electron chi connectivity index (χ3n) is 6.78. The van der Waals surface area contributed by atoms with Gasteiger partial charge in [-0.2, -0.15) is 0 Å². The van der Waals surface area contributed by atoms with E-state index in [0.717, 1.165) is 28.3 Å². The van der Waals surface area contributed by atoms with Gasteiger partial charge < -0.3 is 10.2 Å². The average molecular weight is 568 g/mol. The van der Waals surface area contributed by atoms with Crippen molar-refractivity contribution in [3.05, 3.63) is 94.8 Å². The van der Waals surface area contributed by atoms with Crippen LogP contribution in [0.5, 0.6) is 0 Å². The number of halogens is 1. The molecule has 2 amide bonds. The third-order valence-corrected chi connectivity index (χ3v) is 8.56. The topological polar surface area (TPSA) is 86.8 Å². The molecule has 0 aromatic heterocycles. The second-order valence-corrected chi connectivity index (χ2v) is 11.9. The van der Waals surface area contributed by atoms with E-state index in [0.29, 0.717) is 23.4 Å². The molecule has 3 aromatic carbocycles. The number of hydrogen-bond donors (Lipinski definition) is 1. The molecule has 0 aliphatic rings. The number of anilines is 1. The molecule has 7 nitrogen and oxygen atoms in total. The highest BCUT2D eigenvalue weighted by atomic mass is 32.2. The Hall–Kier alpha value is -3.72. The number of sulfonamides is 1. The van der Waals surface area contributed by atoms with Gasteiger partial charge in [0.05, 0.1) is 10.6 Å². The van der Waals surface area contributed by atoms with Crippen LogP contribution in [0.1, 0.15) is 48.9 Å². The maximum Gasteiger partial charge on any atom is 0.264 e. The largest absolute Gasteiger partial charge is 0.354 e. The molecule has 0 aliphatic heterocycles. The van der Waals surface area contributed by atoms with Gasteiger partial charge in [0, 0.05) is 13.1 Å². The van der Waals surface area contributed by atoms with E-state index in [4.69, 9.17) is 0 Å². The standard InChI is InChI=1S/C31H38FN3O4S/c1-6-7-18-33-31(37)25(5)34(20-26-12-14-27(32)15-13-26)30(36)21-35(29-19-23(3)8-11-24(29)4)40(38,39)28-16-9-22(2)10-17-28/h8-17,19,25H,6-7,18,20-21H2,1-5H3,(H,33,37)/t25-/m0/s1. The van der Waals surface area contributed by atoms with E-state index in [9.17, 15) is 22.4 Å². The van der Waals surface area contributed by atoms with E-state index in [2.05, 4.69) is 5.32 Å². The van der Waals surface area contributed by atoms with Crippen LogP contribution in [0.25, 0.3) is 0 Å². The van der Waals surface area contributed by atoms with Crippen LogP contribution < -0.4 is 9.62 Å². The zero-order valence-electron chi connectivity index (χ0n) is 23.8. The van der Waals surface area contributed by atoms with Gasteiger partial charge in [-0.1, -0.05) is 55.3 Å². The number of hydrogen-bond acceptors (Lipinski definition) is 4. The van der Waals surface area contributed by atoms with Gasteiger partial charge in [-0.25, -0.2) is 12.8 Å². The first kappa shape index (κ1) is 30.8. The number of nitrogens with one attached hydrogen (secondary N) is 1. The lowest BCUT2D eigenvalue weighted by molar-refractivity contribution is -0.139. The van der Waals surface area contributed by atoms with Crippen molar-refractivity contribution in [1.82, 2.24) is 10.2 Å². The molecule has 40 heavy (non-hydrogen) atoms. The first-order valence-electron chi connectivity index (χ1n) is 13.4. The second kappa shape index (κ2) is 13.6. The fraction of sp³-hybridized carbons (Fsp3) is 0.355. The number of amides is 2. The first-order valence-corrected chi connectivity index (χ1v) is 14.9. The minimum Gasteiger partial charge on any atom is -0.354 e. The number of nitrogens with zero attached hydrogens (tertiary/aromatic N) is 2. The van der Waals surface area contributed by atoms with Crippen molar-refractivity contribution >= 4 is 27.5 Å². The zero-order chi connectivity index (χ0) is 29.4. The molecule has 3 rings (SSSR count). The summed E-state index contributed by atoms with van der Waals surface area (Å²) in [4.78, 5) is 28.4. The Bertz CT molecular complexity index is 1420. The summed E-state index contributed by atoms with van der Waals surface area (Å²) in [5.74, 6) is -1.32. The van der Waals surface area contributed by atoms with Gasteiger partial charge in [-0.05, 0) is 81.1 Å². The van der Waals surface area contributed by atoms with Gasteiger partial charge in [0.1, 0.15) is 18.4 Å². The van der Waals surface area contributed by atoms with Crippen LogP contribution >= 0.6 is 0 Å². The summed E-state index contributed by atoms with van der Waals surface area (Å²) in [6.45, 7) is 9.08. The molecule has 0 aliphatic carbocycles. The molecule has 0 radical (unpaired) electrons. The van der Waals surface area contributed by atoms with E-state index in [1.807, 2.05) is 32.9 Å². The number of benzene rings is 3. The predicted molar refractivity (Wildman–Crippen MR) is 156 cm³/mol. The molecule has 0 saturated heterocycles. The summed E-state index contributed by atoms with van der Waals surface area (Å²) in [7, 11) is -4.15. The van der Waals surface area contributed by atoms with E-state index in [1.54, 1.807) is 44.2 Å². The highest BCUT2D eigenvalue weighted by molar-refractivity contribution is 7.92. The molecule has 0 bridgehead atoms. The lowest BCUT2D eigenvalue weighted by Gasteiger charge is -2.32. The predicted octanol–water partition coefficient (Wildman–Crippen LogP) is 5.28. The van der Waals surface area contributed by atoms with Crippen LogP contribution in [0.2, 0.25) is 0 Å². The van der Waals surface area contributed by atoms with Crippen LogP contribution in [-0.4, -0.2) is 44.3 Å². The molecule has 0 spiro atoms. The van der Waals surface area contributed by atoms with Crippen molar-refractivity contribution in [3.8, 4) is 0 Å². The third kappa shape index (κ3) is 7.69. The Balaban J connectivity index is 2.04. The summed E-state index contributed by atoms with van der Waals surface area (Å²) < 4.78 is 42.6. The molecule has 9 heteroatoms. The minimum atomic E-state index is -4.15. The van der Waals surface area contributed by atoms with E-state index < -0.39 is 34.3 Å². The minimum absolute atomic E-state index is 0.00664. The smallest absolute Gasteiger partial charge is 0.264 e. The Morgan fingerprint density at radius 2 is 1.55 bits per heavy atom. The van der Waals surface area contributed by atoms with Gasteiger partial charge >= 0.3 is 0 Å². The molecule has 0 fully saturated rings. The Labute approximate surface area is 237 Å². The normalized spacial score (nSPS) is 12.1. The summed E-state index contributed by atoms with van der Waals surface area (Å²) >= 11 is 0. The number of carbonyl (C=O) groups excluding carboxylic acids is 2. The van der Waals surface area contributed by atoms with E-state index >= 15 is 0 Å². The highest BCUT2D eigenvalue weighted by Gasteiger charge is 2.33. The maximum atomic E-state index is 14.0. The van der Waals surface area contributed by atoms with Gasteiger partial charge in [0.25, 0.3) is 10.0 Å². The van der Waals surface area contributed by atoms with E-state index in [-0.39, 0.29) is 17.3 Å². The number of unbranched alkanes of at least 4 members (excludes halogenated alkanes) is 1. The van der Waals surface area contributed by atoms with Crippen molar-refractivity contribution in [1.29, 1.82) is 0 Å². The fourth-order valence-electron chi connectivity index (χ4n) is 4.24. The molecule has 3 aromatic rings. The van der Waals surface area contributed by atoms with Crippen LogP contribution in [0.4, 0.5) is 10.1 Å². The van der Waals surface area contributed by atoms with Crippen molar-refractivity contribution in [2.24, 2.45) is 0 Å². The number of carbonyl (C=O) groups is 2. The van der Waals surface area contributed by atoms with Gasteiger partial charge in [-0.3, -0.25) is 13.9 Å². The van der Waals surface area contributed by atoms with Gasteiger partial charge in [0.15, 0.2) is 0 Å². The van der Waals surface area contributed by atoms with E-state index in [1.165, 1.54) is 29.2 Å². The van der Waals surface area contributed by atoms with Gasteiger partial charge in [-0.15, -0.1) is 0 Å². The lowest BCUT2D eigenvalue weighted by Crippen LogP contribution is -2.51. The highest BCUT2D eigenvalue weighted by Crippen LogP contribution is 2.28. The fourth-order valence-corrected chi connectivity index (χ4v) is 5.71. The maximum absolute atomic E-state index is 14.0.